The Morgan fingerprint density at radius 3 is 1.00 bits per heavy atom. The van der Waals surface area contributed by atoms with Gasteiger partial charge in [-0.25, -0.2) is 0 Å². The van der Waals surface area contributed by atoms with E-state index in [1.807, 2.05) is 0 Å². The van der Waals surface area contributed by atoms with Crippen molar-refractivity contribution in [2.75, 3.05) is 0 Å². The smallest absolute Gasteiger partial charge is 0 e. The van der Waals surface area contributed by atoms with Crippen LogP contribution in [0.2, 0.25) is 0 Å². The molecule has 0 aromatic carbocycles. The fourth-order valence-corrected chi connectivity index (χ4v) is 0. The molecule has 0 saturated heterocycles. The summed E-state index contributed by atoms with van der Waals surface area (Å²) in [7, 11) is 0. The van der Waals surface area contributed by atoms with Gasteiger partial charge in [0.05, 0.1) is 0 Å². The second-order valence-corrected chi connectivity index (χ2v) is 0. The first kappa shape index (κ1) is 48.1. The van der Waals surface area contributed by atoms with Crippen molar-refractivity contribution in [1.29, 1.82) is 0 Å². The van der Waals surface area contributed by atoms with Gasteiger partial charge in [-0.1, -0.05) is 0 Å². The van der Waals surface area contributed by atoms with Gasteiger partial charge in [0.2, 0.25) is 0 Å². The summed E-state index contributed by atoms with van der Waals surface area (Å²) in [5, 5.41) is 0. The third kappa shape index (κ3) is 9.63. The van der Waals surface area contributed by atoms with E-state index >= 15 is 0 Å². The van der Waals surface area contributed by atoms with Gasteiger partial charge in [0.15, 0.2) is 0 Å². The number of halogens is 1. The van der Waals surface area contributed by atoms with Crippen molar-refractivity contribution in [3.05, 3.63) is 0 Å². The SMILES string of the molecule is F.P.[Mo].[Ni]. The van der Waals surface area contributed by atoms with Crippen molar-refractivity contribution >= 4 is 9.90 Å². The Labute approximate surface area is 52.3 Å². The van der Waals surface area contributed by atoms with Crippen LogP contribution < -0.4 is 0 Å². The molecule has 0 spiro atoms. The van der Waals surface area contributed by atoms with Crippen LogP contribution in [0.3, 0.4) is 0 Å². The molecule has 1 unspecified atom stereocenters. The van der Waals surface area contributed by atoms with Crippen LogP contribution in [0.15, 0.2) is 0 Å². The molecule has 0 aliphatic rings. The Hall–Kier alpha value is 1.54. The molecule has 32 valence electrons. The van der Waals surface area contributed by atoms with E-state index in [0.29, 0.717) is 0 Å². The van der Waals surface area contributed by atoms with Gasteiger partial charge in [0.1, 0.15) is 0 Å². The summed E-state index contributed by atoms with van der Waals surface area (Å²) < 4.78 is 0. The summed E-state index contributed by atoms with van der Waals surface area (Å²) in [4.78, 5) is 0. The number of hydrogen-bond acceptors (Lipinski definition) is 0. The quantitative estimate of drug-likeness (QED) is 0.394. The minimum atomic E-state index is 0. The van der Waals surface area contributed by atoms with Crippen molar-refractivity contribution in [3.8, 4) is 0 Å². The molecule has 4 heavy (non-hydrogen) atoms. The molecule has 0 rings (SSSR count). The van der Waals surface area contributed by atoms with Crippen molar-refractivity contribution in [2.24, 2.45) is 0 Å². The fraction of sp³-hybridized carbons (Fsp3) is 0. The Morgan fingerprint density at radius 2 is 1.00 bits per heavy atom. The van der Waals surface area contributed by atoms with E-state index in [2.05, 4.69) is 0 Å². The first-order valence-corrected chi connectivity index (χ1v) is 0. The molecule has 0 aliphatic carbocycles. The molecule has 0 fully saturated rings. The second kappa shape index (κ2) is 24.0. The zero-order chi connectivity index (χ0) is 0. The van der Waals surface area contributed by atoms with Gasteiger partial charge < -0.3 is 0 Å². The van der Waals surface area contributed by atoms with E-state index in [4.69, 9.17) is 0 Å². The van der Waals surface area contributed by atoms with Gasteiger partial charge in [-0.05, 0) is 0 Å². The number of hydrogen-bond donors (Lipinski definition) is 0. The molecule has 0 amide bonds. The maximum atomic E-state index is 0. The topological polar surface area (TPSA) is 0 Å². The van der Waals surface area contributed by atoms with Crippen LogP contribution >= 0.6 is 9.90 Å². The molecule has 0 aromatic rings. The average Bonchev–Trinajstić information content (AvgIpc) is 0. The maximum Gasteiger partial charge on any atom is 0 e. The van der Waals surface area contributed by atoms with E-state index in [9.17, 15) is 0 Å². The third-order valence-corrected chi connectivity index (χ3v) is 0. The molecule has 0 N–H and O–H groups in total. The Kier molecular flexibility index (Phi) is 288. The largest absolute Gasteiger partial charge is 0.269 e. The van der Waals surface area contributed by atoms with Gasteiger partial charge in [-0.2, -0.15) is 9.90 Å². The molecular formula is H4FMoNiP. The molecule has 0 aliphatic heterocycles. The van der Waals surface area contributed by atoms with E-state index in [0.717, 1.165) is 0 Å². The van der Waals surface area contributed by atoms with Crippen LogP contribution in [0.25, 0.3) is 0 Å². The molecule has 0 heterocycles. The van der Waals surface area contributed by atoms with Crippen LogP contribution in [-0.4, -0.2) is 0 Å². The van der Waals surface area contributed by atoms with E-state index in [-0.39, 0.29) is 52.2 Å². The van der Waals surface area contributed by atoms with E-state index in [1.165, 1.54) is 0 Å². The third-order valence-electron chi connectivity index (χ3n) is 0. The summed E-state index contributed by atoms with van der Waals surface area (Å²) in [5.74, 6) is 0. The van der Waals surface area contributed by atoms with Crippen LogP contribution in [0.5, 0.6) is 0 Å². The Balaban J connectivity index is 0. The first-order chi connectivity index (χ1) is 0. The Morgan fingerprint density at radius 1 is 1.00 bits per heavy atom. The normalized spacial score (nSPS) is 0. The maximum absolute atomic E-state index is 0. The van der Waals surface area contributed by atoms with E-state index in [1.54, 1.807) is 0 Å². The molecule has 0 bridgehead atoms. The van der Waals surface area contributed by atoms with E-state index < -0.39 is 0 Å². The van der Waals surface area contributed by atoms with Crippen LogP contribution in [0.4, 0.5) is 4.70 Å². The molecule has 0 nitrogen and oxygen atoms in total. The summed E-state index contributed by atoms with van der Waals surface area (Å²) in [6, 6.07) is 0. The van der Waals surface area contributed by atoms with Gasteiger partial charge in [-0.3, -0.25) is 4.70 Å². The molecule has 0 radical (unpaired) electrons. The first-order valence-electron chi connectivity index (χ1n) is 0. The number of rotatable bonds is 0. The molecule has 4 heteroatoms. The summed E-state index contributed by atoms with van der Waals surface area (Å²) >= 11 is 0. The van der Waals surface area contributed by atoms with Crippen LogP contribution in [0.1, 0.15) is 0 Å². The monoisotopic (exact) mass is 210 g/mol. The van der Waals surface area contributed by atoms with Gasteiger partial charge in [0, 0.05) is 37.6 Å². The van der Waals surface area contributed by atoms with Crippen molar-refractivity contribution in [3.63, 3.8) is 0 Å². The molecular weight excluding hydrogens is 205 g/mol. The van der Waals surface area contributed by atoms with Crippen LogP contribution in [0, 0.1) is 0 Å². The van der Waals surface area contributed by atoms with Gasteiger partial charge >= 0.3 is 0 Å². The zero-order valence-electron chi connectivity index (χ0n) is 1.84. The zero-order valence-corrected chi connectivity index (χ0v) is 6.25. The summed E-state index contributed by atoms with van der Waals surface area (Å²) in [6.07, 6.45) is 0. The minimum Gasteiger partial charge on any atom is -0.269 e. The van der Waals surface area contributed by atoms with Crippen molar-refractivity contribution < 1.29 is 42.3 Å². The van der Waals surface area contributed by atoms with Gasteiger partial charge in [0.25, 0.3) is 0 Å². The fourth-order valence-electron chi connectivity index (χ4n) is 0. The second-order valence-electron chi connectivity index (χ2n) is 0. The minimum absolute atomic E-state index is 0. The molecule has 1 atom stereocenters. The summed E-state index contributed by atoms with van der Waals surface area (Å²) in [6.45, 7) is 0. The average molecular weight is 209 g/mol. The molecule has 0 saturated carbocycles. The standard InChI is InChI=1S/FH.Mo.Ni.H3P/h1H;;;1H3. The van der Waals surface area contributed by atoms with Crippen LogP contribution in [-0.2, 0) is 37.6 Å². The predicted molar refractivity (Wildman–Crippen MR) is 13.6 cm³/mol. The van der Waals surface area contributed by atoms with Gasteiger partial charge in [-0.15, -0.1) is 0 Å². The Bertz CT molecular complexity index is 8.00. The van der Waals surface area contributed by atoms with Crippen molar-refractivity contribution in [2.45, 2.75) is 0 Å². The predicted octanol–water partition coefficient (Wildman–Crippen LogP) is 0.206. The summed E-state index contributed by atoms with van der Waals surface area (Å²) in [5.41, 5.74) is 0. The molecule has 0 aromatic heterocycles. The van der Waals surface area contributed by atoms with Crippen molar-refractivity contribution in [1.82, 2.24) is 0 Å².